The van der Waals surface area contributed by atoms with Crippen molar-refractivity contribution in [2.45, 2.75) is 25.5 Å². The summed E-state index contributed by atoms with van der Waals surface area (Å²) in [6.07, 6.45) is 1.83. The number of hydrogen-bond donors (Lipinski definition) is 0. The average Bonchev–Trinajstić information content (AvgIpc) is 3.23. The van der Waals surface area contributed by atoms with Crippen LogP contribution in [0.25, 0.3) is 16.7 Å². The summed E-state index contributed by atoms with van der Waals surface area (Å²) in [5, 5.41) is 0.795. The third kappa shape index (κ3) is 3.71. The minimum absolute atomic E-state index is 0.0213. The van der Waals surface area contributed by atoms with Crippen molar-refractivity contribution in [1.82, 2.24) is 14.1 Å². The van der Waals surface area contributed by atoms with Gasteiger partial charge < -0.3 is 9.13 Å². The van der Waals surface area contributed by atoms with Crippen molar-refractivity contribution in [1.29, 1.82) is 0 Å². The van der Waals surface area contributed by atoms with Crippen LogP contribution in [0.15, 0.2) is 72.4 Å². The van der Waals surface area contributed by atoms with Crippen LogP contribution in [-0.2, 0) is 6.54 Å². The number of fused-ring (bicyclic) bond motifs is 1. The van der Waals surface area contributed by atoms with Gasteiger partial charge in [-0.3, -0.25) is 4.79 Å². The second-order valence-corrected chi connectivity index (χ2v) is 8.04. The first-order valence-corrected chi connectivity index (χ1v) is 10.6. The van der Waals surface area contributed by atoms with E-state index < -0.39 is 0 Å². The third-order valence-corrected chi connectivity index (χ3v) is 6.04. The molecule has 0 N–H and O–H groups in total. The van der Waals surface area contributed by atoms with Gasteiger partial charge in [-0.1, -0.05) is 36.0 Å². The summed E-state index contributed by atoms with van der Waals surface area (Å²) < 4.78 is 17.7. The lowest BCUT2D eigenvalue weighted by molar-refractivity contribution is 0.102. The predicted octanol–water partition coefficient (Wildman–Crippen LogP) is 5.74. The van der Waals surface area contributed by atoms with Crippen molar-refractivity contribution in [3.8, 4) is 5.69 Å². The van der Waals surface area contributed by atoms with E-state index in [2.05, 4.69) is 16.1 Å². The molecule has 30 heavy (non-hydrogen) atoms. The van der Waals surface area contributed by atoms with Crippen LogP contribution in [0.2, 0.25) is 0 Å². The van der Waals surface area contributed by atoms with Crippen molar-refractivity contribution in [2.24, 2.45) is 0 Å². The third-order valence-electron chi connectivity index (χ3n) is 5.06. The number of aromatic nitrogens is 3. The molecule has 0 bridgehead atoms. The number of rotatable bonds is 7. The number of ketones is 1. The fraction of sp³-hybridized carbons (Fsp3) is 0.167. The molecule has 0 radical (unpaired) electrons. The number of carbonyl (C=O) groups excluding carboxylic acids is 1. The number of nitrogens with zero attached hydrogens (tertiary/aromatic N) is 3. The minimum Gasteiger partial charge on any atom is -0.318 e. The fourth-order valence-electron chi connectivity index (χ4n) is 3.73. The Balaban J connectivity index is 1.60. The number of hydrogen-bond acceptors (Lipinski definition) is 3. The number of para-hydroxylation sites is 2. The molecule has 0 saturated carbocycles. The summed E-state index contributed by atoms with van der Waals surface area (Å²) in [5.41, 5.74) is 4.99. The smallest absolute Gasteiger partial charge is 0.175 e. The van der Waals surface area contributed by atoms with Crippen molar-refractivity contribution in [2.75, 3.05) is 5.75 Å². The van der Waals surface area contributed by atoms with Crippen molar-refractivity contribution in [3.63, 3.8) is 0 Å². The second kappa shape index (κ2) is 8.32. The van der Waals surface area contributed by atoms with E-state index in [1.807, 2.05) is 60.9 Å². The van der Waals surface area contributed by atoms with Crippen LogP contribution < -0.4 is 0 Å². The molecule has 2 heterocycles. The Morgan fingerprint density at radius 3 is 2.73 bits per heavy atom. The number of aryl methyl sites for hydroxylation is 1. The first-order valence-electron chi connectivity index (χ1n) is 9.66. The summed E-state index contributed by atoms with van der Waals surface area (Å²) in [6, 6.07) is 16.2. The topological polar surface area (TPSA) is 39.8 Å². The molecule has 4 rings (SSSR count). The molecule has 0 fully saturated rings. The van der Waals surface area contributed by atoms with E-state index in [9.17, 15) is 9.18 Å². The van der Waals surface area contributed by atoms with Crippen LogP contribution in [0.1, 0.15) is 21.7 Å². The highest BCUT2D eigenvalue weighted by molar-refractivity contribution is 7.99. The highest BCUT2D eigenvalue weighted by Gasteiger charge is 2.19. The van der Waals surface area contributed by atoms with Crippen molar-refractivity contribution < 1.29 is 9.18 Å². The number of allylic oxidation sites excluding steroid dienone is 1. The second-order valence-electron chi connectivity index (χ2n) is 7.09. The Hall–Kier alpha value is -3.12. The quantitative estimate of drug-likeness (QED) is 0.218. The van der Waals surface area contributed by atoms with Gasteiger partial charge in [0, 0.05) is 29.2 Å². The number of imidazole rings is 1. The van der Waals surface area contributed by atoms with E-state index in [0.29, 0.717) is 17.8 Å². The number of Topliss-reactive ketones (excluding diaryl/α,β-unsaturated/α-hetero) is 1. The predicted molar refractivity (Wildman–Crippen MR) is 120 cm³/mol. The molecule has 4 aromatic rings. The Morgan fingerprint density at radius 2 is 1.97 bits per heavy atom. The molecule has 0 unspecified atom stereocenters. The summed E-state index contributed by atoms with van der Waals surface area (Å²) >= 11 is 1.42. The van der Waals surface area contributed by atoms with Crippen LogP contribution in [0, 0.1) is 19.7 Å². The molecule has 4 nitrogen and oxygen atoms in total. The summed E-state index contributed by atoms with van der Waals surface area (Å²) in [6.45, 7) is 8.27. The lowest BCUT2D eigenvalue weighted by Crippen LogP contribution is -2.07. The molecular formula is C24H22FN3OS. The van der Waals surface area contributed by atoms with E-state index in [1.54, 1.807) is 6.07 Å². The number of halogens is 1. The maximum absolute atomic E-state index is 13.7. The maximum atomic E-state index is 13.7. The molecule has 6 heteroatoms. The van der Waals surface area contributed by atoms with Gasteiger partial charge in [0.05, 0.1) is 16.8 Å². The van der Waals surface area contributed by atoms with E-state index in [-0.39, 0.29) is 17.4 Å². The van der Waals surface area contributed by atoms with Gasteiger partial charge in [0.15, 0.2) is 10.9 Å². The van der Waals surface area contributed by atoms with Gasteiger partial charge in [-0.25, -0.2) is 9.37 Å². The van der Waals surface area contributed by atoms with E-state index in [0.717, 1.165) is 27.6 Å². The van der Waals surface area contributed by atoms with Crippen molar-refractivity contribution in [3.05, 3.63) is 90.0 Å². The monoisotopic (exact) mass is 419 g/mol. The highest BCUT2D eigenvalue weighted by atomic mass is 32.2. The molecule has 0 amide bonds. The van der Waals surface area contributed by atoms with Gasteiger partial charge >= 0.3 is 0 Å². The summed E-state index contributed by atoms with van der Waals surface area (Å²) in [4.78, 5) is 17.7. The van der Waals surface area contributed by atoms with Crippen molar-refractivity contribution >= 4 is 28.6 Å². The van der Waals surface area contributed by atoms with Crippen LogP contribution >= 0.6 is 11.8 Å². The van der Waals surface area contributed by atoms with Gasteiger partial charge in [-0.15, -0.1) is 6.58 Å². The lowest BCUT2D eigenvalue weighted by Gasteiger charge is -2.10. The van der Waals surface area contributed by atoms with Gasteiger partial charge in [0.1, 0.15) is 5.82 Å². The number of benzene rings is 2. The SMILES string of the molecule is C=CCn1c(SCC(=O)c2cc(C)n(-c3cccc(F)c3)c2C)nc2ccccc21. The normalized spacial score (nSPS) is 11.2. The Bertz CT molecular complexity index is 1250. The number of carbonyl (C=O) groups is 1. The molecule has 0 saturated heterocycles. The zero-order valence-corrected chi connectivity index (χ0v) is 17.7. The maximum Gasteiger partial charge on any atom is 0.175 e. The largest absolute Gasteiger partial charge is 0.318 e. The Kier molecular flexibility index (Phi) is 5.59. The summed E-state index contributed by atoms with van der Waals surface area (Å²) in [5.74, 6) is -0.00834. The highest BCUT2D eigenvalue weighted by Crippen LogP contribution is 2.27. The first-order chi connectivity index (χ1) is 14.5. The Labute approximate surface area is 179 Å². The molecule has 152 valence electrons. The molecule has 0 spiro atoms. The van der Waals surface area contributed by atoms with E-state index >= 15 is 0 Å². The molecule has 2 aromatic carbocycles. The van der Waals surface area contributed by atoms with Crippen LogP contribution in [0.4, 0.5) is 4.39 Å². The van der Waals surface area contributed by atoms with Gasteiger partial charge in [-0.05, 0) is 50.2 Å². The fourth-order valence-corrected chi connectivity index (χ4v) is 4.64. The standard InChI is InChI=1S/C24H22FN3OS/c1-4-12-27-22-11-6-5-10-21(22)26-24(27)30-15-23(29)20-13-16(2)28(17(20)3)19-9-7-8-18(25)14-19/h4-11,13-14H,1,12,15H2,2-3H3. The summed E-state index contributed by atoms with van der Waals surface area (Å²) in [7, 11) is 0. The van der Waals surface area contributed by atoms with Gasteiger partial charge in [-0.2, -0.15) is 0 Å². The molecular weight excluding hydrogens is 397 g/mol. The van der Waals surface area contributed by atoms with Gasteiger partial charge in [0.25, 0.3) is 0 Å². The van der Waals surface area contributed by atoms with E-state index in [4.69, 9.17) is 0 Å². The number of thioether (sulfide) groups is 1. The molecule has 0 atom stereocenters. The average molecular weight is 420 g/mol. The molecule has 0 aliphatic rings. The van der Waals surface area contributed by atoms with Crippen LogP contribution in [-0.4, -0.2) is 25.7 Å². The van der Waals surface area contributed by atoms with Crippen LogP contribution in [0.5, 0.6) is 0 Å². The molecule has 2 aromatic heterocycles. The zero-order chi connectivity index (χ0) is 21.3. The molecule has 0 aliphatic carbocycles. The minimum atomic E-state index is -0.301. The van der Waals surface area contributed by atoms with Gasteiger partial charge in [0.2, 0.25) is 0 Å². The van der Waals surface area contributed by atoms with E-state index in [1.165, 1.54) is 23.9 Å². The molecule has 0 aliphatic heterocycles. The lowest BCUT2D eigenvalue weighted by atomic mass is 10.2. The first kappa shape index (κ1) is 20.2. The van der Waals surface area contributed by atoms with Crippen LogP contribution in [0.3, 0.4) is 0 Å². The Morgan fingerprint density at radius 1 is 1.17 bits per heavy atom. The zero-order valence-electron chi connectivity index (χ0n) is 16.9.